The van der Waals surface area contributed by atoms with Gasteiger partial charge >= 0.3 is 0 Å². The van der Waals surface area contributed by atoms with Crippen LogP contribution in [0.25, 0.3) is 0 Å². The first kappa shape index (κ1) is 12.9. The van der Waals surface area contributed by atoms with Crippen LogP contribution in [-0.4, -0.2) is 41.2 Å². The Kier molecular flexibility index (Phi) is 4.82. The Morgan fingerprint density at radius 1 is 1.53 bits per heavy atom. The number of nitrogens with one attached hydrogen (secondary N) is 1. The molecule has 1 fully saturated rings. The average molecular weight is 257 g/mol. The van der Waals surface area contributed by atoms with Gasteiger partial charge in [0.2, 0.25) is 5.89 Å². The summed E-state index contributed by atoms with van der Waals surface area (Å²) in [6.07, 6.45) is 2.77. The third-order valence-electron chi connectivity index (χ3n) is 2.64. The van der Waals surface area contributed by atoms with Gasteiger partial charge in [-0.25, -0.2) is 0 Å². The van der Waals surface area contributed by atoms with Crippen LogP contribution in [0.1, 0.15) is 25.7 Å². The van der Waals surface area contributed by atoms with Crippen LogP contribution in [0.4, 0.5) is 0 Å². The average Bonchev–Trinajstić information content (AvgIpc) is 2.90. The highest BCUT2D eigenvalue weighted by molar-refractivity contribution is 7.99. The number of nitrogens with zero attached hydrogens (tertiary/aromatic N) is 2. The first-order valence-electron chi connectivity index (χ1n) is 6.03. The Bertz CT molecular complexity index is 339. The lowest BCUT2D eigenvalue weighted by molar-refractivity contribution is 0.110. The van der Waals surface area contributed by atoms with Crippen molar-refractivity contribution in [2.75, 3.05) is 19.7 Å². The molecule has 0 amide bonds. The topological polar surface area (TPSA) is 60.2 Å². The molecule has 1 aliphatic heterocycles. The van der Waals surface area contributed by atoms with E-state index in [0.717, 1.165) is 19.7 Å². The van der Waals surface area contributed by atoms with Crippen molar-refractivity contribution in [2.24, 2.45) is 0 Å². The molecule has 17 heavy (non-hydrogen) atoms. The van der Waals surface area contributed by atoms with E-state index in [0.29, 0.717) is 22.5 Å². The Balaban J connectivity index is 1.61. The summed E-state index contributed by atoms with van der Waals surface area (Å²) in [6.45, 7) is 6.72. The van der Waals surface area contributed by atoms with Gasteiger partial charge in [-0.15, -0.1) is 10.2 Å². The van der Waals surface area contributed by atoms with Crippen LogP contribution in [0.3, 0.4) is 0 Å². The molecule has 1 saturated heterocycles. The van der Waals surface area contributed by atoms with Gasteiger partial charge < -0.3 is 14.5 Å². The van der Waals surface area contributed by atoms with Gasteiger partial charge in [-0.05, 0) is 12.8 Å². The summed E-state index contributed by atoms with van der Waals surface area (Å²) in [4.78, 5) is 0. The molecule has 0 aliphatic carbocycles. The van der Waals surface area contributed by atoms with Crippen LogP contribution in [0.5, 0.6) is 0 Å². The molecule has 1 aromatic heterocycles. The third kappa shape index (κ3) is 4.29. The predicted octanol–water partition coefficient (Wildman–Crippen LogP) is 1.63. The molecule has 1 N–H and O–H groups in total. The zero-order chi connectivity index (χ0) is 12.1. The van der Waals surface area contributed by atoms with Crippen LogP contribution in [0, 0.1) is 6.92 Å². The number of rotatable bonds is 6. The number of aryl methyl sites for hydroxylation is 1. The maximum Gasteiger partial charge on any atom is 0.276 e. The van der Waals surface area contributed by atoms with Crippen molar-refractivity contribution >= 4 is 11.8 Å². The van der Waals surface area contributed by atoms with E-state index in [-0.39, 0.29) is 0 Å². The van der Waals surface area contributed by atoms with Gasteiger partial charge in [-0.2, -0.15) is 0 Å². The fourth-order valence-electron chi connectivity index (χ4n) is 1.79. The quantitative estimate of drug-likeness (QED) is 0.782. The molecule has 2 heterocycles. The molecule has 2 atom stereocenters. The minimum atomic E-state index is 0.401. The normalized spacial score (nSPS) is 21.9. The van der Waals surface area contributed by atoms with Crippen molar-refractivity contribution in [3.8, 4) is 0 Å². The lowest BCUT2D eigenvalue weighted by Gasteiger charge is -2.13. The van der Waals surface area contributed by atoms with Gasteiger partial charge in [0.05, 0.1) is 6.10 Å². The summed E-state index contributed by atoms with van der Waals surface area (Å²) in [5, 5.41) is 12.2. The maximum atomic E-state index is 5.55. The molecule has 5 nitrogen and oxygen atoms in total. The second kappa shape index (κ2) is 6.37. The van der Waals surface area contributed by atoms with E-state index >= 15 is 0 Å². The van der Waals surface area contributed by atoms with Crippen LogP contribution in [0.2, 0.25) is 0 Å². The van der Waals surface area contributed by atoms with E-state index in [2.05, 4.69) is 22.4 Å². The molecular formula is C11H19N3O2S. The molecule has 0 saturated carbocycles. The summed E-state index contributed by atoms with van der Waals surface area (Å²) in [5.74, 6) is 0.618. The number of hydrogen-bond donors (Lipinski definition) is 1. The highest BCUT2D eigenvalue weighted by Crippen LogP contribution is 2.20. The second-order valence-corrected chi connectivity index (χ2v) is 5.70. The van der Waals surface area contributed by atoms with E-state index < -0.39 is 0 Å². The van der Waals surface area contributed by atoms with Gasteiger partial charge in [0.15, 0.2) is 0 Å². The van der Waals surface area contributed by atoms with Crippen molar-refractivity contribution in [1.29, 1.82) is 0 Å². The van der Waals surface area contributed by atoms with Crippen LogP contribution >= 0.6 is 11.8 Å². The highest BCUT2D eigenvalue weighted by atomic mass is 32.2. The minimum absolute atomic E-state index is 0.401. The van der Waals surface area contributed by atoms with Crippen molar-refractivity contribution in [3.05, 3.63) is 5.89 Å². The van der Waals surface area contributed by atoms with Crippen LogP contribution in [0.15, 0.2) is 9.64 Å². The van der Waals surface area contributed by atoms with E-state index in [1.54, 1.807) is 18.7 Å². The Labute approximate surface area is 106 Å². The standard InChI is InChI=1S/C11H19N3O2S/c1-8(17-11-14-13-9(2)16-11)6-12-7-10-4-3-5-15-10/h8,10,12H,3-7H2,1-2H3. The Morgan fingerprint density at radius 3 is 3.06 bits per heavy atom. The van der Waals surface area contributed by atoms with E-state index in [9.17, 15) is 0 Å². The highest BCUT2D eigenvalue weighted by Gasteiger charge is 2.15. The molecular weight excluding hydrogens is 238 g/mol. The van der Waals surface area contributed by atoms with Gasteiger partial charge in [0.25, 0.3) is 5.22 Å². The maximum absolute atomic E-state index is 5.55. The molecule has 0 radical (unpaired) electrons. The number of hydrogen-bond acceptors (Lipinski definition) is 6. The molecule has 0 bridgehead atoms. The molecule has 1 aromatic rings. The molecule has 1 aliphatic rings. The summed E-state index contributed by atoms with van der Waals surface area (Å²) in [6, 6.07) is 0. The predicted molar refractivity (Wildman–Crippen MR) is 66.2 cm³/mol. The van der Waals surface area contributed by atoms with Crippen molar-refractivity contribution < 1.29 is 9.15 Å². The van der Waals surface area contributed by atoms with Crippen molar-refractivity contribution in [3.63, 3.8) is 0 Å². The first-order valence-corrected chi connectivity index (χ1v) is 6.91. The zero-order valence-corrected chi connectivity index (χ0v) is 11.1. The molecule has 0 spiro atoms. The second-order valence-electron chi connectivity index (χ2n) is 4.31. The first-order chi connectivity index (χ1) is 8.24. The lowest BCUT2D eigenvalue weighted by atomic mass is 10.2. The Hall–Kier alpha value is -0.590. The third-order valence-corrected chi connectivity index (χ3v) is 3.57. The smallest absolute Gasteiger partial charge is 0.276 e. The molecule has 2 rings (SSSR count). The van der Waals surface area contributed by atoms with Gasteiger partial charge in [0.1, 0.15) is 0 Å². The van der Waals surface area contributed by atoms with Gasteiger partial charge in [-0.1, -0.05) is 18.7 Å². The van der Waals surface area contributed by atoms with Crippen LogP contribution in [-0.2, 0) is 4.74 Å². The summed E-state index contributed by atoms with van der Waals surface area (Å²) in [5.41, 5.74) is 0. The largest absolute Gasteiger partial charge is 0.416 e. The zero-order valence-electron chi connectivity index (χ0n) is 10.3. The fourth-order valence-corrected chi connectivity index (χ4v) is 2.59. The van der Waals surface area contributed by atoms with E-state index in [1.165, 1.54) is 12.8 Å². The fraction of sp³-hybridized carbons (Fsp3) is 0.818. The molecule has 96 valence electrons. The van der Waals surface area contributed by atoms with Gasteiger partial charge in [0, 0.05) is 31.9 Å². The molecule has 0 aromatic carbocycles. The summed E-state index contributed by atoms with van der Waals surface area (Å²) in [7, 11) is 0. The van der Waals surface area contributed by atoms with Gasteiger partial charge in [-0.3, -0.25) is 0 Å². The SMILES string of the molecule is Cc1nnc(SC(C)CNCC2CCCO2)o1. The van der Waals surface area contributed by atoms with E-state index in [1.807, 2.05) is 0 Å². The number of aromatic nitrogens is 2. The lowest BCUT2D eigenvalue weighted by Crippen LogP contribution is -2.30. The molecule has 6 heteroatoms. The molecule has 2 unspecified atom stereocenters. The Morgan fingerprint density at radius 2 is 2.41 bits per heavy atom. The number of ether oxygens (including phenoxy) is 1. The summed E-state index contributed by atoms with van der Waals surface area (Å²) >= 11 is 1.60. The minimum Gasteiger partial charge on any atom is -0.416 e. The van der Waals surface area contributed by atoms with Crippen molar-refractivity contribution in [1.82, 2.24) is 15.5 Å². The summed E-state index contributed by atoms with van der Waals surface area (Å²) < 4.78 is 10.9. The van der Waals surface area contributed by atoms with Crippen molar-refractivity contribution in [2.45, 2.75) is 43.3 Å². The van der Waals surface area contributed by atoms with E-state index in [4.69, 9.17) is 9.15 Å². The van der Waals surface area contributed by atoms with Crippen LogP contribution < -0.4 is 5.32 Å². The number of thioether (sulfide) groups is 1. The monoisotopic (exact) mass is 257 g/mol.